The average Bonchev–Trinajstić information content (AvgIpc) is 2.62. The Hall–Kier alpha value is -1.73. The highest BCUT2D eigenvalue weighted by Crippen LogP contribution is 2.05. The zero-order valence-corrected chi connectivity index (χ0v) is 21.1. The van der Waals surface area contributed by atoms with E-state index in [0.29, 0.717) is 6.92 Å². The smallest absolute Gasteiger partial charge is 0.269 e. The number of alkyl halides is 5. The summed E-state index contributed by atoms with van der Waals surface area (Å²) in [4.78, 5) is 0. The van der Waals surface area contributed by atoms with Crippen molar-refractivity contribution >= 4 is 9.90 Å². The number of hydrogen-bond donors (Lipinski definition) is 0. The Morgan fingerprint density at radius 1 is 0.703 bits per heavy atom. The van der Waals surface area contributed by atoms with Crippen molar-refractivity contribution in [1.29, 1.82) is 0 Å². The van der Waals surface area contributed by atoms with Gasteiger partial charge in [-0.15, -0.1) is 0 Å². The lowest BCUT2D eigenvalue weighted by atomic mass is 10.5. The molecule has 0 radical (unpaired) electrons. The van der Waals surface area contributed by atoms with Crippen molar-refractivity contribution in [3.05, 3.63) is 48.6 Å². The Labute approximate surface area is 212 Å². The van der Waals surface area contributed by atoms with Crippen molar-refractivity contribution in [1.82, 2.24) is 0 Å². The van der Waals surface area contributed by atoms with Crippen LogP contribution in [0, 0.1) is 0 Å². The van der Waals surface area contributed by atoms with Crippen LogP contribution in [0.2, 0.25) is 0 Å². The fourth-order valence-corrected chi connectivity index (χ4v) is 0. The van der Waals surface area contributed by atoms with Crippen LogP contribution in [0.5, 0.6) is 0 Å². The number of rotatable bonds is 2. The lowest BCUT2D eigenvalue weighted by Crippen LogP contribution is -2.04. The molecule has 0 aromatic heterocycles. The second-order valence-corrected chi connectivity index (χ2v) is 4.81. The molecule has 0 aliphatic carbocycles. The first-order chi connectivity index (χ1) is 13.8. The molecule has 0 aliphatic heterocycles. The van der Waals surface area contributed by atoms with E-state index in [1.165, 1.54) is 13.8 Å². The van der Waals surface area contributed by atoms with Crippen LogP contribution in [0.1, 0.15) is 56.4 Å². The molecule has 0 aromatic rings. The minimum Gasteiger partial charge on any atom is -0.269 e. The molecule has 0 spiro atoms. The van der Waals surface area contributed by atoms with Gasteiger partial charge in [-0.3, -0.25) is 14.1 Å². The maximum absolute atomic E-state index is 11.1. The third kappa shape index (κ3) is 237. The van der Waals surface area contributed by atoms with E-state index in [0.717, 1.165) is 20.8 Å². The fraction of sp³-hybridized carbons (Fsp3) is 0.600. The van der Waals surface area contributed by atoms with E-state index in [9.17, 15) is 57.1 Å². The minimum absolute atomic E-state index is 0. The van der Waals surface area contributed by atoms with E-state index in [1.54, 1.807) is 0 Å². The highest BCUT2D eigenvalue weighted by atomic mass is 31.0. The van der Waals surface area contributed by atoms with E-state index in [2.05, 4.69) is 6.58 Å². The van der Waals surface area contributed by atoms with E-state index in [-0.39, 0.29) is 57.4 Å². The summed E-state index contributed by atoms with van der Waals surface area (Å²) in [5.41, 5.74) is 0. The van der Waals surface area contributed by atoms with Crippen LogP contribution in [0.15, 0.2) is 48.6 Å². The van der Waals surface area contributed by atoms with Crippen molar-refractivity contribution in [2.45, 2.75) is 75.2 Å². The van der Waals surface area contributed by atoms with E-state index in [4.69, 9.17) is 0 Å². The maximum atomic E-state index is 11.1. The molecule has 0 bridgehead atoms. The SMILES string of the molecule is C.C.C/C(F)=C\F.C/C(F)=C\F.C=C(C)F.CC(F)=C(F)F.CC(F)C(F)F.CC(F)CF.F.F.F.P. The van der Waals surface area contributed by atoms with Gasteiger partial charge in [0.05, 0.1) is 5.83 Å². The monoisotopic (exact) mass is 616 g/mol. The standard InChI is InChI=1S/C3H5F3.C3H3F3.C3H6F2.2C3H4F2.C3H5F.2CH4.3FH.H3P/c2*1-2(4)3(5)6;3*1-3(5)2-4;1-3(2)4;;;;;;/h2-3H,1H3;1H3;3H,2H2,1H3;2*2H,1H3;1H2,2H3;2*1H4;3*1H;1H3/b;;;2*3-2+;;;;;;;. The predicted molar refractivity (Wildman–Crippen MR) is 129 cm³/mol. The van der Waals surface area contributed by atoms with Gasteiger partial charge < -0.3 is 0 Å². The van der Waals surface area contributed by atoms with Crippen LogP contribution >= 0.6 is 9.90 Å². The van der Waals surface area contributed by atoms with Crippen molar-refractivity contribution in [3.8, 4) is 0 Å². The molecule has 0 heterocycles. The summed E-state index contributed by atoms with van der Waals surface area (Å²) in [5, 5.41) is 0. The predicted octanol–water partition coefficient (Wildman–Crippen LogP) is 11.9. The molecule has 0 saturated heterocycles. The summed E-state index contributed by atoms with van der Waals surface area (Å²) < 4.78 is 141. The second kappa shape index (κ2) is 59.4. The van der Waals surface area contributed by atoms with Gasteiger partial charge in [0.25, 0.3) is 6.43 Å². The third-order valence-electron chi connectivity index (χ3n) is 1.12. The lowest BCUT2D eigenvalue weighted by molar-refractivity contribution is 0.0603. The van der Waals surface area contributed by atoms with Gasteiger partial charge >= 0.3 is 6.08 Å². The van der Waals surface area contributed by atoms with E-state index < -0.39 is 49.0 Å². The van der Waals surface area contributed by atoms with Crippen LogP contribution in [0.25, 0.3) is 0 Å². The van der Waals surface area contributed by atoms with Crippen LogP contribution < -0.4 is 0 Å². The number of allylic oxidation sites excluding steroid dienone is 4. The van der Waals surface area contributed by atoms with Gasteiger partial charge in [-0.2, -0.15) is 18.7 Å². The largest absolute Gasteiger partial charge is 0.301 e. The molecule has 238 valence electrons. The van der Waals surface area contributed by atoms with Crippen molar-refractivity contribution in [2.75, 3.05) is 6.67 Å². The highest BCUT2D eigenvalue weighted by Gasteiger charge is 2.10. The normalized spacial score (nSPS) is 9.84. The summed E-state index contributed by atoms with van der Waals surface area (Å²) in [6.45, 7) is 8.12. The molecule has 0 aliphatic rings. The number of hydrogen-bond acceptors (Lipinski definition) is 0. The molecule has 0 fully saturated rings. The molecule has 17 heteroatoms. The van der Waals surface area contributed by atoms with Crippen molar-refractivity contribution in [3.63, 3.8) is 0 Å². The molecular formula is C20H41F16P. The lowest BCUT2D eigenvalue weighted by Gasteiger charge is -1.93. The van der Waals surface area contributed by atoms with Gasteiger partial charge in [0.2, 0.25) is 0 Å². The molecule has 3 atom stereocenters. The molecule has 0 aromatic carbocycles. The number of halogens is 16. The van der Waals surface area contributed by atoms with Crippen LogP contribution in [-0.4, -0.2) is 25.4 Å². The first-order valence-electron chi connectivity index (χ1n) is 7.79. The molecule has 0 rings (SSSR count). The zero-order valence-electron chi connectivity index (χ0n) is 19.6. The molecule has 0 nitrogen and oxygen atoms in total. The maximum Gasteiger partial charge on any atom is 0.301 e. The zero-order chi connectivity index (χ0) is 26.7. The molecule has 0 N–H and O–H groups in total. The van der Waals surface area contributed by atoms with Crippen LogP contribution in [0.4, 0.5) is 71.2 Å². The van der Waals surface area contributed by atoms with E-state index >= 15 is 0 Å². The molecule has 37 heavy (non-hydrogen) atoms. The topological polar surface area (TPSA) is 0 Å². The van der Waals surface area contributed by atoms with E-state index in [1.807, 2.05) is 0 Å². The van der Waals surface area contributed by atoms with Crippen LogP contribution in [0.3, 0.4) is 0 Å². The van der Waals surface area contributed by atoms with Gasteiger partial charge in [0, 0.05) is 0 Å². The Bertz CT molecular complexity index is 427. The molecule has 0 saturated carbocycles. The average molecular weight is 616 g/mol. The van der Waals surface area contributed by atoms with Gasteiger partial charge in [0.15, 0.2) is 12.0 Å². The first kappa shape index (κ1) is 76.5. The summed E-state index contributed by atoms with van der Waals surface area (Å²) in [6.07, 6.45) is -8.49. The van der Waals surface area contributed by atoms with Crippen molar-refractivity contribution < 1.29 is 71.2 Å². The Morgan fingerprint density at radius 3 is 0.811 bits per heavy atom. The van der Waals surface area contributed by atoms with Crippen molar-refractivity contribution in [2.24, 2.45) is 0 Å². The molecule has 0 amide bonds. The Balaban J connectivity index is -0.0000000197. The van der Waals surface area contributed by atoms with Gasteiger partial charge in [-0.1, -0.05) is 21.4 Å². The Kier molecular flexibility index (Phi) is 123. The van der Waals surface area contributed by atoms with Gasteiger partial charge in [-0.05, 0) is 41.5 Å². The second-order valence-electron chi connectivity index (χ2n) is 4.81. The first-order valence-corrected chi connectivity index (χ1v) is 7.79. The summed E-state index contributed by atoms with van der Waals surface area (Å²) in [5.74, 6) is -3.31. The van der Waals surface area contributed by atoms with Crippen LogP contribution in [-0.2, 0) is 0 Å². The quantitative estimate of drug-likeness (QED) is 0.214. The fourth-order valence-electron chi connectivity index (χ4n) is 0. The van der Waals surface area contributed by atoms with Gasteiger partial charge in [-0.25, -0.2) is 48.3 Å². The summed E-state index contributed by atoms with van der Waals surface area (Å²) in [7, 11) is 0. The van der Waals surface area contributed by atoms with Gasteiger partial charge in [0.1, 0.15) is 37.2 Å². The molecule has 3 unspecified atom stereocenters. The third-order valence-corrected chi connectivity index (χ3v) is 1.12. The summed E-state index contributed by atoms with van der Waals surface area (Å²) >= 11 is 0. The highest BCUT2D eigenvalue weighted by molar-refractivity contribution is 6.92. The molecular weight excluding hydrogens is 575 g/mol. The summed E-state index contributed by atoms with van der Waals surface area (Å²) in [6, 6.07) is 0. The Morgan fingerprint density at radius 2 is 0.811 bits per heavy atom. The minimum atomic E-state index is -2.81.